The molecule has 0 atom stereocenters. The molecule has 0 amide bonds. The Hall–Kier alpha value is -2.97. The molecule has 0 saturated heterocycles. The fourth-order valence-corrected chi connectivity index (χ4v) is 3.36. The van der Waals surface area contributed by atoms with Gasteiger partial charge in [-0.05, 0) is 49.1 Å². The minimum absolute atomic E-state index is 0.263. The van der Waals surface area contributed by atoms with Gasteiger partial charge in [0.1, 0.15) is 23.9 Å². The number of aromatic nitrogens is 3. The average Bonchev–Trinajstić information content (AvgIpc) is 3.46. The van der Waals surface area contributed by atoms with E-state index in [1.54, 1.807) is 35.4 Å². The van der Waals surface area contributed by atoms with Crippen molar-refractivity contribution >= 4 is 29.6 Å². The molecule has 3 aromatic heterocycles. The molecule has 9 heteroatoms. The molecule has 3 heterocycles. The first-order valence-electron chi connectivity index (χ1n) is 8.70. The molecular formula is C20H17ClN4O3S. The van der Waals surface area contributed by atoms with Crippen LogP contribution in [0.4, 0.5) is 0 Å². The largest absolute Gasteiger partial charge is 0.484 e. The van der Waals surface area contributed by atoms with Gasteiger partial charge in [0.2, 0.25) is 11.0 Å². The summed E-state index contributed by atoms with van der Waals surface area (Å²) in [5, 5.41) is 13.9. The first-order valence-corrected chi connectivity index (χ1v) is 10.3. The van der Waals surface area contributed by atoms with E-state index in [1.807, 2.05) is 37.4 Å². The summed E-state index contributed by atoms with van der Waals surface area (Å²) in [6.07, 6.45) is 5.08. The highest BCUT2D eigenvalue weighted by Crippen LogP contribution is 2.29. The third-order valence-corrected chi connectivity index (χ3v) is 4.96. The summed E-state index contributed by atoms with van der Waals surface area (Å²) in [5.41, 5.74) is 0.966. The van der Waals surface area contributed by atoms with Crippen LogP contribution in [0.1, 0.15) is 17.1 Å². The van der Waals surface area contributed by atoms with Crippen LogP contribution in [0.3, 0.4) is 0 Å². The average molecular weight is 429 g/mol. The van der Waals surface area contributed by atoms with Crippen molar-refractivity contribution in [3.8, 4) is 17.3 Å². The Morgan fingerprint density at radius 3 is 2.86 bits per heavy atom. The second kappa shape index (κ2) is 8.59. The Balaban J connectivity index is 1.50. The summed E-state index contributed by atoms with van der Waals surface area (Å²) in [5.74, 6) is 2.98. The molecule has 0 aliphatic heterocycles. The van der Waals surface area contributed by atoms with Crippen molar-refractivity contribution < 1.29 is 13.6 Å². The third-order valence-electron chi connectivity index (χ3n) is 4.04. The zero-order chi connectivity index (χ0) is 20.2. The van der Waals surface area contributed by atoms with E-state index < -0.39 is 0 Å². The molecule has 0 bridgehead atoms. The van der Waals surface area contributed by atoms with Gasteiger partial charge in [0.05, 0.1) is 17.5 Å². The van der Waals surface area contributed by atoms with Crippen molar-refractivity contribution in [3.63, 3.8) is 0 Å². The molecule has 4 rings (SSSR count). The molecule has 4 aromatic rings. The minimum atomic E-state index is 0.263. The minimum Gasteiger partial charge on any atom is -0.484 e. The molecule has 0 radical (unpaired) electrons. The topological polar surface area (TPSA) is 78.6 Å². The van der Waals surface area contributed by atoms with E-state index in [1.165, 1.54) is 11.8 Å². The molecule has 0 aliphatic carbocycles. The van der Waals surface area contributed by atoms with E-state index in [0.29, 0.717) is 39.0 Å². The van der Waals surface area contributed by atoms with Crippen molar-refractivity contribution in [2.75, 3.05) is 6.26 Å². The van der Waals surface area contributed by atoms with Crippen molar-refractivity contribution in [1.82, 2.24) is 14.9 Å². The number of benzene rings is 1. The Kier molecular flexibility index (Phi) is 5.73. The van der Waals surface area contributed by atoms with Gasteiger partial charge in [-0.2, -0.15) is 9.78 Å². The van der Waals surface area contributed by atoms with Crippen molar-refractivity contribution in [3.05, 3.63) is 70.8 Å². The summed E-state index contributed by atoms with van der Waals surface area (Å²) in [7, 11) is 0. The van der Waals surface area contributed by atoms with Crippen LogP contribution < -0.4 is 4.74 Å². The monoisotopic (exact) mass is 428 g/mol. The highest BCUT2D eigenvalue weighted by Gasteiger charge is 2.15. The Labute approximate surface area is 176 Å². The van der Waals surface area contributed by atoms with Gasteiger partial charge >= 0.3 is 0 Å². The Morgan fingerprint density at radius 1 is 1.21 bits per heavy atom. The smallest absolute Gasteiger partial charge is 0.221 e. The number of hydrogen-bond donors (Lipinski definition) is 0. The van der Waals surface area contributed by atoms with Gasteiger partial charge in [-0.15, -0.1) is 10.2 Å². The summed E-state index contributed by atoms with van der Waals surface area (Å²) in [6.45, 7) is 2.21. The summed E-state index contributed by atoms with van der Waals surface area (Å²) in [6, 6.07) is 12.9. The zero-order valence-corrected chi connectivity index (χ0v) is 17.3. The fourth-order valence-electron chi connectivity index (χ4n) is 2.66. The van der Waals surface area contributed by atoms with Gasteiger partial charge in [0.15, 0.2) is 5.76 Å². The molecule has 0 fully saturated rings. The van der Waals surface area contributed by atoms with Gasteiger partial charge in [-0.1, -0.05) is 35.5 Å². The van der Waals surface area contributed by atoms with Gasteiger partial charge in [0.25, 0.3) is 0 Å². The van der Waals surface area contributed by atoms with E-state index >= 15 is 0 Å². The predicted molar refractivity (Wildman–Crippen MR) is 112 cm³/mol. The van der Waals surface area contributed by atoms with E-state index in [-0.39, 0.29) is 6.61 Å². The number of thioether (sulfide) groups is 1. The lowest BCUT2D eigenvalue weighted by molar-refractivity contribution is 0.268. The lowest BCUT2D eigenvalue weighted by atomic mass is 10.2. The maximum Gasteiger partial charge on any atom is 0.221 e. The van der Waals surface area contributed by atoms with Crippen LogP contribution in [-0.4, -0.2) is 27.3 Å². The predicted octanol–water partition coefficient (Wildman–Crippen LogP) is 5.28. The van der Waals surface area contributed by atoms with E-state index in [2.05, 4.69) is 15.3 Å². The van der Waals surface area contributed by atoms with E-state index in [9.17, 15) is 0 Å². The summed E-state index contributed by atoms with van der Waals surface area (Å²) in [4.78, 5) is 0. The van der Waals surface area contributed by atoms with Crippen molar-refractivity contribution in [2.45, 2.75) is 18.7 Å². The van der Waals surface area contributed by atoms with Crippen LogP contribution in [0.2, 0.25) is 5.02 Å². The third kappa shape index (κ3) is 4.23. The molecular weight excluding hydrogens is 412 g/mol. The van der Waals surface area contributed by atoms with Crippen LogP contribution in [0.15, 0.2) is 67.8 Å². The molecule has 0 saturated carbocycles. The van der Waals surface area contributed by atoms with Crippen molar-refractivity contribution in [1.29, 1.82) is 0 Å². The first kappa shape index (κ1) is 19.4. The van der Waals surface area contributed by atoms with Gasteiger partial charge in [-0.3, -0.25) is 0 Å². The van der Waals surface area contributed by atoms with Crippen LogP contribution in [0.25, 0.3) is 11.6 Å². The SMILES string of the molecule is CSc1nnc(-c2ccco2)n1/N=C\c1ccc(COc2c(C)cccc2Cl)o1. The molecule has 7 nitrogen and oxygen atoms in total. The van der Waals surface area contributed by atoms with Gasteiger partial charge in [-0.25, -0.2) is 0 Å². The normalized spacial score (nSPS) is 11.4. The number of rotatable bonds is 7. The van der Waals surface area contributed by atoms with E-state index in [4.69, 9.17) is 25.2 Å². The summed E-state index contributed by atoms with van der Waals surface area (Å²) >= 11 is 7.63. The molecule has 0 aliphatic rings. The van der Waals surface area contributed by atoms with Crippen LogP contribution in [-0.2, 0) is 6.61 Å². The molecule has 0 spiro atoms. The number of halogens is 1. The molecule has 0 N–H and O–H groups in total. The number of para-hydroxylation sites is 1. The second-order valence-electron chi connectivity index (χ2n) is 6.02. The summed E-state index contributed by atoms with van der Waals surface area (Å²) < 4.78 is 18.6. The van der Waals surface area contributed by atoms with Gasteiger partial charge in [0, 0.05) is 0 Å². The molecule has 1 aromatic carbocycles. The van der Waals surface area contributed by atoms with E-state index in [0.717, 1.165) is 5.56 Å². The Bertz CT molecular complexity index is 1110. The van der Waals surface area contributed by atoms with Gasteiger partial charge < -0.3 is 13.6 Å². The lowest BCUT2D eigenvalue weighted by Gasteiger charge is -2.09. The highest BCUT2D eigenvalue weighted by molar-refractivity contribution is 7.98. The number of nitrogens with zero attached hydrogens (tertiary/aromatic N) is 4. The number of hydrogen-bond acceptors (Lipinski definition) is 7. The maximum atomic E-state index is 6.19. The standard InChI is InChI=1S/C20H17ClN4O3S/c1-13-5-3-6-16(21)18(13)27-12-15-9-8-14(28-15)11-22-25-19(17-7-4-10-26-17)23-24-20(25)29-2/h3-11H,12H2,1-2H3/b22-11-. The Morgan fingerprint density at radius 2 is 2.10 bits per heavy atom. The molecule has 148 valence electrons. The highest BCUT2D eigenvalue weighted by atomic mass is 35.5. The fraction of sp³-hybridized carbons (Fsp3) is 0.150. The number of furan rings is 2. The maximum absolute atomic E-state index is 6.19. The quantitative estimate of drug-likeness (QED) is 0.294. The van der Waals surface area contributed by atoms with Crippen LogP contribution >= 0.6 is 23.4 Å². The number of ether oxygens (including phenoxy) is 1. The molecule has 29 heavy (non-hydrogen) atoms. The van der Waals surface area contributed by atoms with Crippen LogP contribution in [0.5, 0.6) is 5.75 Å². The van der Waals surface area contributed by atoms with Crippen LogP contribution in [0, 0.1) is 6.92 Å². The zero-order valence-electron chi connectivity index (χ0n) is 15.7. The molecule has 0 unspecified atom stereocenters. The first-order chi connectivity index (χ1) is 14.2. The second-order valence-corrected chi connectivity index (χ2v) is 7.20. The number of aryl methyl sites for hydroxylation is 1. The van der Waals surface area contributed by atoms with Crippen molar-refractivity contribution in [2.24, 2.45) is 5.10 Å². The lowest BCUT2D eigenvalue weighted by Crippen LogP contribution is -1.97.